The Morgan fingerprint density at radius 3 is 2.39 bits per heavy atom. The fourth-order valence-electron chi connectivity index (χ4n) is 12.1. The summed E-state index contributed by atoms with van der Waals surface area (Å²) in [4.78, 5) is 16.8. The van der Waals surface area contributed by atoms with Crippen molar-refractivity contribution in [2.75, 3.05) is 0 Å². The van der Waals surface area contributed by atoms with Gasteiger partial charge in [0.1, 0.15) is 11.7 Å². The number of hydrogen-bond donors (Lipinski definition) is 1. The van der Waals surface area contributed by atoms with E-state index in [1.54, 1.807) is 5.57 Å². The number of aryl methyl sites for hydroxylation is 1. The molecule has 314 valence electrons. The first-order valence-electron chi connectivity index (χ1n) is 24.1. The van der Waals surface area contributed by atoms with Crippen LogP contribution in [0.3, 0.4) is 0 Å². The first-order chi connectivity index (χ1) is 30.7. The molecule has 0 aromatic heterocycles. The van der Waals surface area contributed by atoms with E-state index in [0.29, 0.717) is 35.5 Å². The molecule has 10 atom stereocenters. The van der Waals surface area contributed by atoms with Crippen LogP contribution in [-0.2, 0) is 6.42 Å². The van der Waals surface area contributed by atoms with E-state index in [-0.39, 0.29) is 24.0 Å². The Bertz CT molecular complexity index is 2440. The van der Waals surface area contributed by atoms with E-state index >= 15 is 0 Å². The summed E-state index contributed by atoms with van der Waals surface area (Å²) >= 11 is 0. The summed E-state index contributed by atoms with van der Waals surface area (Å²) in [6.45, 7) is 0. The zero-order chi connectivity index (χ0) is 41.2. The first kappa shape index (κ1) is 39.5. The third-order valence-electron chi connectivity index (χ3n) is 15.6. The molecule has 0 bridgehead atoms. The standard InChI is InChI=1S/C58H62N4/c1-3-13-39(14-4-1)42-25-30-45(31-26-42)56-60-57(46-32-27-43(28-33-46)40-15-5-2-6-16-40)62-58(61-56)50-22-11-21-48(38-50)52-35-36-54(53-24-12-20-44-18-9-10-23-51(44)53)59-55(52)49-34-29-41-17-7-8-19-47(41)37-49/h1-5,7-8,10-13,15,17,19-23,25-26,30,32,35-37,39,43-45,48,51-53,55-56H,6,9,14,16,18,24,27-29,31,33-34,38H2,(H,60,61,62). The van der Waals surface area contributed by atoms with Gasteiger partial charge < -0.3 is 5.32 Å². The Morgan fingerprint density at radius 2 is 1.53 bits per heavy atom. The van der Waals surface area contributed by atoms with Gasteiger partial charge in [0.15, 0.2) is 6.17 Å². The van der Waals surface area contributed by atoms with Crippen LogP contribution in [0.1, 0.15) is 88.2 Å². The quantitative estimate of drug-likeness (QED) is 0.261. The summed E-state index contributed by atoms with van der Waals surface area (Å²) in [6, 6.07) is 9.11. The van der Waals surface area contributed by atoms with Crippen LogP contribution in [0.5, 0.6) is 0 Å². The topological polar surface area (TPSA) is 49.1 Å². The van der Waals surface area contributed by atoms with Crippen molar-refractivity contribution in [2.45, 2.75) is 95.7 Å². The normalized spacial score (nSPS) is 34.6. The molecule has 0 saturated heterocycles. The van der Waals surface area contributed by atoms with Gasteiger partial charge in [0.2, 0.25) is 0 Å². The third-order valence-corrected chi connectivity index (χ3v) is 15.6. The Hall–Kier alpha value is -5.35. The maximum absolute atomic E-state index is 5.85. The van der Waals surface area contributed by atoms with E-state index in [4.69, 9.17) is 15.0 Å². The molecule has 62 heavy (non-hydrogen) atoms. The minimum atomic E-state index is -0.156. The molecule has 10 aliphatic rings. The second-order valence-electron chi connectivity index (χ2n) is 19.3. The van der Waals surface area contributed by atoms with Crippen LogP contribution in [0.15, 0.2) is 189 Å². The number of dihydropyridines is 1. The van der Waals surface area contributed by atoms with E-state index in [0.717, 1.165) is 63.0 Å². The van der Waals surface area contributed by atoms with Gasteiger partial charge in [-0.25, -0.2) is 9.98 Å². The van der Waals surface area contributed by atoms with Crippen molar-refractivity contribution >= 4 is 23.5 Å². The molecule has 0 fully saturated rings. The molecule has 0 radical (unpaired) electrons. The number of nitrogens with zero attached hydrogens (tertiary/aromatic N) is 3. The minimum Gasteiger partial charge on any atom is -0.325 e. The summed E-state index contributed by atoms with van der Waals surface area (Å²) in [5.74, 6) is 5.59. The lowest BCUT2D eigenvalue weighted by atomic mass is 9.68. The Balaban J connectivity index is 0.876. The van der Waals surface area contributed by atoms with Gasteiger partial charge in [0.25, 0.3) is 0 Å². The van der Waals surface area contributed by atoms with Gasteiger partial charge in [0, 0.05) is 29.4 Å². The van der Waals surface area contributed by atoms with Crippen molar-refractivity contribution in [2.24, 2.45) is 62.3 Å². The largest absolute Gasteiger partial charge is 0.325 e. The van der Waals surface area contributed by atoms with Crippen LogP contribution in [-0.4, -0.2) is 29.6 Å². The van der Waals surface area contributed by atoms with Crippen molar-refractivity contribution in [3.05, 3.63) is 185 Å². The predicted molar refractivity (Wildman–Crippen MR) is 260 cm³/mol. The molecule has 1 N–H and O–H groups in total. The van der Waals surface area contributed by atoms with Crippen molar-refractivity contribution in [1.82, 2.24) is 5.32 Å². The maximum atomic E-state index is 5.85. The van der Waals surface area contributed by atoms with E-state index < -0.39 is 0 Å². The second kappa shape index (κ2) is 17.8. The van der Waals surface area contributed by atoms with Gasteiger partial charge in [-0.2, -0.15) is 0 Å². The van der Waals surface area contributed by atoms with Crippen LogP contribution in [0.4, 0.5) is 0 Å². The van der Waals surface area contributed by atoms with Gasteiger partial charge in [0.05, 0.1) is 6.04 Å². The van der Waals surface area contributed by atoms with Crippen LogP contribution < -0.4 is 5.32 Å². The second-order valence-corrected chi connectivity index (χ2v) is 19.3. The smallest absolute Gasteiger partial charge is 0.150 e. The van der Waals surface area contributed by atoms with Gasteiger partial charge in [-0.1, -0.05) is 151 Å². The number of hydrogen-bond acceptors (Lipinski definition) is 4. The van der Waals surface area contributed by atoms with E-state index in [9.17, 15) is 0 Å². The Kier molecular flexibility index (Phi) is 11.3. The number of rotatable bonds is 8. The highest BCUT2D eigenvalue weighted by Crippen LogP contribution is 2.44. The molecule has 4 heteroatoms. The molecule has 0 saturated carbocycles. The minimum absolute atomic E-state index is 0.123. The summed E-state index contributed by atoms with van der Waals surface area (Å²) < 4.78 is 0. The lowest BCUT2D eigenvalue weighted by Gasteiger charge is -2.39. The van der Waals surface area contributed by atoms with Crippen molar-refractivity contribution in [3.8, 4) is 0 Å². The maximum Gasteiger partial charge on any atom is 0.150 e. The van der Waals surface area contributed by atoms with Crippen LogP contribution in [0.2, 0.25) is 0 Å². The fourth-order valence-corrected chi connectivity index (χ4v) is 12.1. The highest BCUT2D eigenvalue weighted by Gasteiger charge is 2.39. The van der Waals surface area contributed by atoms with E-state index in [2.05, 4.69) is 157 Å². The monoisotopic (exact) mass is 814 g/mol. The molecule has 0 spiro atoms. The molecule has 1 aromatic carbocycles. The number of allylic oxidation sites excluding steroid dienone is 20. The fraction of sp³-hybridized carbons (Fsp3) is 0.397. The zero-order valence-electron chi connectivity index (χ0n) is 36.2. The predicted octanol–water partition coefficient (Wildman–Crippen LogP) is 13.0. The summed E-state index contributed by atoms with van der Waals surface area (Å²) in [7, 11) is 0. The first-order valence-corrected chi connectivity index (χ1v) is 24.1. The zero-order valence-corrected chi connectivity index (χ0v) is 36.2. The third kappa shape index (κ3) is 8.18. The number of fused-ring (bicyclic) bond motifs is 2. The number of amidine groups is 2. The SMILES string of the molecule is C1=CCCC(C2CC=C(C3=NC(C4C=CC(C5C=CC=CC5)=CC4)N=C(C4=CC=CC(C5C=CC(C6CC=CC7CCC=CC76)=NC5C5=Cc6ccccc6CC5)C4)N3)CC2)=C1. The lowest BCUT2D eigenvalue weighted by molar-refractivity contribution is 0.339. The molecular weight excluding hydrogens is 753 g/mol. The molecular formula is C58H62N4. The number of aliphatic imine (C=N–C) groups is 3. The summed E-state index contributed by atoms with van der Waals surface area (Å²) in [6.07, 6.45) is 64.3. The molecule has 1 aromatic rings. The Morgan fingerprint density at radius 1 is 0.581 bits per heavy atom. The number of benzene rings is 1. The molecule has 2 aliphatic heterocycles. The summed E-state index contributed by atoms with van der Waals surface area (Å²) in [5, 5.41) is 3.88. The average Bonchev–Trinajstić information content (AvgIpc) is 3.36. The van der Waals surface area contributed by atoms with Crippen LogP contribution >= 0.6 is 0 Å². The van der Waals surface area contributed by atoms with E-state index in [1.165, 1.54) is 71.2 Å². The van der Waals surface area contributed by atoms with Gasteiger partial charge in [-0.3, -0.25) is 4.99 Å². The van der Waals surface area contributed by atoms with Crippen molar-refractivity contribution in [1.29, 1.82) is 0 Å². The van der Waals surface area contributed by atoms with Gasteiger partial charge >= 0.3 is 0 Å². The molecule has 11 rings (SSSR count). The van der Waals surface area contributed by atoms with Crippen LogP contribution in [0, 0.1) is 47.3 Å². The van der Waals surface area contributed by atoms with Crippen LogP contribution in [0.25, 0.3) is 6.08 Å². The summed E-state index contributed by atoms with van der Waals surface area (Å²) in [5.41, 5.74) is 11.3. The molecule has 8 aliphatic carbocycles. The molecule has 4 nitrogen and oxygen atoms in total. The molecule has 0 amide bonds. The van der Waals surface area contributed by atoms with Crippen molar-refractivity contribution in [3.63, 3.8) is 0 Å². The van der Waals surface area contributed by atoms with Crippen molar-refractivity contribution < 1.29 is 0 Å². The highest BCUT2D eigenvalue weighted by atomic mass is 15.2. The molecule has 2 heterocycles. The Labute approximate surface area is 370 Å². The average molecular weight is 815 g/mol. The number of nitrogens with one attached hydrogen (secondary N) is 1. The highest BCUT2D eigenvalue weighted by molar-refractivity contribution is 6.15. The van der Waals surface area contributed by atoms with Gasteiger partial charge in [-0.05, 0) is 147 Å². The lowest BCUT2D eigenvalue weighted by Crippen LogP contribution is -2.42. The molecule has 10 unspecified atom stereocenters. The van der Waals surface area contributed by atoms with Gasteiger partial charge in [-0.15, -0.1) is 0 Å². The van der Waals surface area contributed by atoms with E-state index in [1.807, 2.05) is 0 Å².